The number of aliphatic carboxylic acids is 1. The third kappa shape index (κ3) is 6.35. The van der Waals surface area contributed by atoms with E-state index in [1.54, 1.807) is 23.2 Å². The summed E-state index contributed by atoms with van der Waals surface area (Å²) in [7, 11) is 0. The van der Waals surface area contributed by atoms with Gasteiger partial charge in [0.25, 0.3) is 0 Å². The van der Waals surface area contributed by atoms with Crippen molar-refractivity contribution < 1.29 is 32.3 Å². The van der Waals surface area contributed by atoms with Gasteiger partial charge >= 0.3 is 18.2 Å². The van der Waals surface area contributed by atoms with Crippen molar-refractivity contribution in [3.8, 4) is 0 Å². The Kier molecular flexibility index (Phi) is 8.24. The fourth-order valence-electron chi connectivity index (χ4n) is 3.42. The lowest BCUT2D eigenvalue weighted by Gasteiger charge is -2.35. The first-order valence-corrected chi connectivity index (χ1v) is 10.7. The number of hydrogen-bond donors (Lipinski definition) is 3. The van der Waals surface area contributed by atoms with Gasteiger partial charge in [0.1, 0.15) is 11.6 Å². The van der Waals surface area contributed by atoms with E-state index in [0.717, 1.165) is 17.2 Å². The summed E-state index contributed by atoms with van der Waals surface area (Å²) in [4.78, 5) is 29.6. The van der Waals surface area contributed by atoms with Gasteiger partial charge in [0.15, 0.2) is 5.82 Å². The highest BCUT2D eigenvalue weighted by Gasteiger charge is 2.38. The van der Waals surface area contributed by atoms with Crippen LogP contribution in [0.2, 0.25) is 0 Å². The number of halogens is 4. The lowest BCUT2D eigenvalue weighted by Crippen LogP contribution is -2.52. The van der Waals surface area contributed by atoms with Gasteiger partial charge in [-0.05, 0) is 18.6 Å². The number of anilines is 1. The molecule has 2 aromatic heterocycles. The molecular formula is C21H24F4N8O3. The molecule has 0 unspecified atom stereocenters. The van der Waals surface area contributed by atoms with Crippen molar-refractivity contribution in [2.75, 3.05) is 31.1 Å². The summed E-state index contributed by atoms with van der Waals surface area (Å²) in [6, 6.07) is 4.61. The molecule has 0 aliphatic carbocycles. The van der Waals surface area contributed by atoms with Crippen molar-refractivity contribution >= 4 is 23.5 Å². The van der Waals surface area contributed by atoms with Crippen LogP contribution >= 0.6 is 0 Å². The Morgan fingerprint density at radius 2 is 1.83 bits per heavy atom. The van der Waals surface area contributed by atoms with Crippen LogP contribution in [0.4, 0.5) is 28.2 Å². The topological polar surface area (TPSA) is 142 Å². The largest absolute Gasteiger partial charge is 0.490 e. The standard InChI is InChI=1S/C19H23FN8O.C2HF3O2/c1-13-24-25-18-17(22-4-5-28(13)18)26-6-8-27(9-7-26)19(29)23-12-15-3-2-14(11-21)10-16(15)20;3-2(4,5)1(6)7/h2-5,10H,6-9,11-12,21H2,1H3,(H,23,29);(H,6,7). The Labute approximate surface area is 202 Å². The Morgan fingerprint density at radius 3 is 2.42 bits per heavy atom. The maximum atomic E-state index is 14.1. The van der Waals surface area contributed by atoms with Gasteiger partial charge in [0, 0.05) is 57.2 Å². The van der Waals surface area contributed by atoms with Crippen LogP contribution in [0.25, 0.3) is 5.65 Å². The van der Waals surface area contributed by atoms with Crippen LogP contribution in [0.3, 0.4) is 0 Å². The number of rotatable bonds is 4. The van der Waals surface area contributed by atoms with Crippen LogP contribution in [-0.4, -0.2) is 73.9 Å². The molecule has 4 N–H and O–H groups in total. The number of fused-ring (bicyclic) bond motifs is 1. The van der Waals surface area contributed by atoms with Gasteiger partial charge < -0.3 is 26.0 Å². The van der Waals surface area contributed by atoms with Crippen LogP contribution in [-0.2, 0) is 17.9 Å². The van der Waals surface area contributed by atoms with Gasteiger partial charge in [-0.25, -0.2) is 19.0 Å². The average molecular weight is 512 g/mol. The van der Waals surface area contributed by atoms with Crippen molar-refractivity contribution in [3.05, 3.63) is 53.4 Å². The number of nitrogens with zero attached hydrogens (tertiary/aromatic N) is 6. The van der Waals surface area contributed by atoms with Gasteiger partial charge in [-0.3, -0.25) is 4.40 Å². The van der Waals surface area contributed by atoms with Crippen LogP contribution in [0, 0.1) is 12.7 Å². The minimum atomic E-state index is -5.08. The van der Waals surface area contributed by atoms with E-state index >= 15 is 0 Å². The molecule has 0 spiro atoms. The summed E-state index contributed by atoms with van der Waals surface area (Å²) in [5.74, 6) is -1.56. The third-order valence-electron chi connectivity index (χ3n) is 5.37. The van der Waals surface area contributed by atoms with Crippen LogP contribution < -0.4 is 16.0 Å². The second kappa shape index (κ2) is 11.2. The predicted octanol–water partition coefficient (Wildman–Crippen LogP) is 1.70. The predicted molar refractivity (Wildman–Crippen MR) is 120 cm³/mol. The SMILES string of the molecule is Cc1nnc2c(N3CCN(C(=O)NCc4ccc(CN)cc4F)CC3)nccn12.O=C(O)C(F)(F)F. The lowest BCUT2D eigenvalue weighted by molar-refractivity contribution is -0.192. The van der Waals surface area contributed by atoms with Crippen LogP contribution in [0.1, 0.15) is 17.0 Å². The molecule has 0 atom stereocenters. The highest BCUT2D eigenvalue weighted by atomic mass is 19.4. The second-order valence-corrected chi connectivity index (χ2v) is 7.76. The molecule has 1 aromatic carbocycles. The number of carboxylic acids is 1. The second-order valence-electron chi connectivity index (χ2n) is 7.76. The first kappa shape index (κ1) is 26.6. The van der Waals surface area contributed by atoms with E-state index < -0.39 is 12.1 Å². The van der Waals surface area contributed by atoms with Crippen molar-refractivity contribution in [2.24, 2.45) is 5.73 Å². The number of nitrogens with one attached hydrogen (secondary N) is 1. The Bertz CT molecular complexity index is 1230. The minimum absolute atomic E-state index is 0.135. The zero-order valence-electron chi connectivity index (χ0n) is 19.2. The number of aryl methyl sites for hydroxylation is 1. The van der Waals surface area contributed by atoms with Crippen molar-refractivity contribution in [2.45, 2.75) is 26.2 Å². The first-order valence-electron chi connectivity index (χ1n) is 10.7. The van der Waals surface area contributed by atoms with Crippen molar-refractivity contribution in [3.63, 3.8) is 0 Å². The van der Waals surface area contributed by atoms with E-state index in [-0.39, 0.29) is 24.9 Å². The summed E-state index contributed by atoms with van der Waals surface area (Å²) in [5.41, 5.74) is 7.38. The van der Waals surface area contributed by atoms with Crippen LogP contribution in [0.15, 0.2) is 30.6 Å². The number of alkyl halides is 3. The summed E-state index contributed by atoms with van der Waals surface area (Å²) in [5, 5.41) is 18.2. The molecule has 36 heavy (non-hydrogen) atoms. The normalized spacial score (nSPS) is 13.8. The number of carbonyl (C=O) groups is 2. The molecule has 0 bridgehead atoms. The van der Waals surface area contributed by atoms with E-state index in [1.165, 1.54) is 6.07 Å². The summed E-state index contributed by atoms with van der Waals surface area (Å²) >= 11 is 0. The molecular weight excluding hydrogens is 488 g/mol. The molecule has 11 nitrogen and oxygen atoms in total. The molecule has 1 aliphatic rings. The molecule has 3 aromatic rings. The Hall–Kier alpha value is -4.01. The maximum absolute atomic E-state index is 14.1. The minimum Gasteiger partial charge on any atom is -0.475 e. The summed E-state index contributed by atoms with van der Waals surface area (Å²) < 4.78 is 47.7. The molecule has 194 valence electrons. The first-order chi connectivity index (χ1) is 17.0. The number of aromatic nitrogens is 4. The number of nitrogens with two attached hydrogens (primary N) is 1. The quantitative estimate of drug-likeness (QED) is 0.449. The van der Waals surface area contributed by atoms with Crippen molar-refractivity contribution in [1.82, 2.24) is 29.8 Å². The molecule has 1 aliphatic heterocycles. The number of carbonyl (C=O) groups excluding carboxylic acids is 1. The highest BCUT2D eigenvalue weighted by Crippen LogP contribution is 2.19. The fraction of sp³-hybridized carbons (Fsp3) is 0.381. The molecule has 15 heteroatoms. The molecule has 1 fully saturated rings. The highest BCUT2D eigenvalue weighted by molar-refractivity contribution is 5.75. The number of hydrogen-bond acceptors (Lipinski definition) is 7. The van der Waals surface area contributed by atoms with E-state index in [0.29, 0.717) is 37.4 Å². The Morgan fingerprint density at radius 1 is 1.17 bits per heavy atom. The number of carboxylic acid groups (broad SMARTS) is 1. The molecule has 4 rings (SSSR count). The number of urea groups is 1. The molecule has 3 heterocycles. The maximum Gasteiger partial charge on any atom is 0.490 e. The monoisotopic (exact) mass is 512 g/mol. The average Bonchev–Trinajstić information content (AvgIpc) is 3.24. The summed E-state index contributed by atoms with van der Waals surface area (Å²) in [6.45, 7) is 4.64. The third-order valence-corrected chi connectivity index (χ3v) is 5.37. The van der Waals surface area contributed by atoms with Crippen LogP contribution in [0.5, 0.6) is 0 Å². The molecule has 0 saturated carbocycles. The Balaban J connectivity index is 0.000000454. The number of benzene rings is 1. The van der Waals surface area contributed by atoms with Crippen molar-refractivity contribution in [1.29, 1.82) is 0 Å². The van der Waals surface area contributed by atoms with Gasteiger partial charge in [-0.1, -0.05) is 12.1 Å². The smallest absolute Gasteiger partial charge is 0.475 e. The van der Waals surface area contributed by atoms with E-state index in [2.05, 4.69) is 25.4 Å². The molecule has 2 amide bonds. The van der Waals surface area contributed by atoms with E-state index in [4.69, 9.17) is 15.6 Å². The molecule has 0 radical (unpaired) electrons. The zero-order chi connectivity index (χ0) is 26.5. The number of amides is 2. The van der Waals surface area contributed by atoms with E-state index in [1.807, 2.05) is 17.5 Å². The van der Waals surface area contributed by atoms with E-state index in [9.17, 15) is 22.4 Å². The zero-order valence-corrected chi connectivity index (χ0v) is 19.2. The fourth-order valence-corrected chi connectivity index (χ4v) is 3.42. The van der Waals surface area contributed by atoms with Gasteiger partial charge in [-0.2, -0.15) is 13.2 Å². The van der Waals surface area contributed by atoms with Gasteiger partial charge in [-0.15, -0.1) is 10.2 Å². The lowest BCUT2D eigenvalue weighted by atomic mass is 10.1. The molecule has 1 saturated heterocycles. The van der Waals surface area contributed by atoms with Gasteiger partial charge in [0.2, 0.25) is 5.65 Å². The summed E-state index contributed by atoms with van der Waals surface area (Å²) in [6.07, 6.45) is -1.53. The van der Waals surface area contributed by atoms with Gasteiger partial charge in [0.05, 0.1) is 0 Å². The number of piperazine rings is 1.